The van der Waals surface area contributed by atoms with Gasteiger partial charge in [0, 0.05) is 33.9 Å². The molecule has 4 aromatic rings. The van der Waals surface area contributed by atoms with Crippen LogP contribution in [0.2, 0.25) is 10.0 Å². The predicted octanol–water partition coefficient (Wildman–Crippen LogP) is 5.53. The highest BCUT2D eigenvalue weighted by molar-refractivity contribution is 7.91. The van der Waals surface area contributed by atoms with Crippen molar-refractivity contribution in [3.8, 4) is 11.5 Å². The maximum absolute atomic E-state index is 13.3. The molecule has 9 nitrogen and oxygen atoms in total. The zero-order valence-electron chi connectivity index (χ0n) is 21.5. The van der Waals surface area contributed by atoms with Crippen molar-refractivity contribution in [2.45, 2.75) is 30.2 Å². The smallest absolute Gasteiger partial charge is 0.257 e. The number of anilines is 2. The van der Waals surface area contributed by atoms with Gasteiger partial charge in [-0.15, -0.1) is 0 Å². The first-order valence-corrected chi connectivity index (χ1v) is 14.7. The number of carbonyl (C=O) groups is 1. The standard InChI is InChI=1S/C27H24Cl2FN5O4S/c1-3-40(37,38)23-9-8-19(14-31-23)35(2)15-22(36)32-18-12-20(28)24(21(29)13-18)27(10-11-27)26-33-25(39-34-26)16-4-6-17(30)7-5-16/h4-9,12-14H,3,10-11,15H2,1-2H3,(H,32,36). The van der Waals surface area contributed by atoms with Crippen molar-refractivity contribution in [2.75, 3.05) is 29.6 Å². The second kappa shape index (κ2) is 10.8. The average Bonchev–Trinajstić information content (AvgIpc) is 3.55. The summed E-state index contributed by atoms with van der Waals surface area (Å²) < 4.78 is 42.7. The predicted molar refractivity (Wildman–Crippen MR) is 150 cm³/mol. The first-order valence-electron chi connectivity index (χ1n) is 12.3. The molecule has 0 bridgehead atoms. The number of halogens is 3. The minimum atomic E-state index is -3.41. The third-order valence-corrected chi connectivity index (χ3v) is 8.98. The number of likely N-dealkylation sites (N-methyl/N-ethyl adjacent to an activating group) is 1. The number of carbonyl (C=O) groups excluding carboxylic acids is 1. The van der Waals surface area contributed by atoms with Gasteiger partial charge in [-0.1, -0.05) is 35.3 Å². The van der Waals surface area contributed by atoms with Crippen LogP contribution in [0.1, 0.15) is 31.2 Å². The third kappa shape index (κ3) is 5.54. The third-order valence-electron chi connectivity index (χ3n) is 6.74. The second-order valence-corrected chi connectivity index (χ2v) is 12.5. The minimum absolute atomic E-state index is 0.0121. The topological polar surface area (TPSA) is 118 Å². The molecule has 40 heavy (non-hydrogen) atoms. The molecule has 0 radical (unpaired) electrons. The van der Waals surface area contributed by atoms with E-state index in [9.17, 15) is 17.6 Å². The van der Waals surface area contributed by atoms with E-state index in [1.165, 1.54) is 24.4 Å². The van der Waals surface area contributed by atoms with Crippen LogP contribution in [0.5, 0.6) is 0 Å². The Morgan fingerprint density at radius 3 is 2.38 bits per heavy atom. The molecule has 2 aromatic heterocycles. The summed E-state index contributed by atoms with van der Waals surface area (Å²) in [6.45, 7) is 1.52. The maximum atomic E-state index is 13.3. The molecular formula is C27H24Cl2FN5O4S. The Morgan fingerprint density at radius 2 is 1.80 bits per heavy atom. The number of aromatic nitrogens is 3. The van der Waals surface area contributed by atoms with E-state index < -0.39 is 15.3 Å². The van der Waals surface area contributed by atoms with Gasteiger partial charge in [0.2, 0.25) is 5.91 Å². The Balaban J connectivity index is 1.29. The number of pyridine rings is 1. The van der Waals surface area contributed by atoms with E-state index in [0.29, 0.717) is 51.2 Å². The fourth-order valence-corrected chi connectivity index (χ4v) is 6.01. The molecule has 0 saturated heterocycles. The molecule has 0 unspecified atom stereocenters. The quantitative estimate of drug-likeness (QED) is 0.265. The fourth-order valence-electron chi connectivity index (χ4n) is 4.38. The van der Waals surface area contributed by atoms with E-state index in [0.717, 1.165) is 0 Å². The van der Waals surface area contributed by atoms with E-state index in [1.807, 2.05) is 0 Å². The van der Waals surface area contributed by atoms with Gasteiger partial charge in [0.15, 0.2) is 20.7 Å². The number of rotatable bonds is 9. The van der Waals surface area contributed by atoms with Crippen molar-refractivity contribution in [1.82, 2.24) is 15.1 Å². The Kier molecular flexibility index (Phi) is 7.56. The molecular weight excluding hydrogens is 580 g/mol. The van der Waals surface area contributed by atoms with E-state index in [-0.39, 0.29) is 34.9 Å². The highest BCUT2D eigenvalue weighted by Gasteiger charge is 2.52. The Bertz CT molecular complexity index is 1650. The highest BCUT2D eigenvalue weighted by atomic mass is 35.5. The number of benzene rings is 2. The Labute approximate surface area is 240 Å². The molecule has 1 fully saturated rings. The van der Waals surface area contributed by atoms with Gasteiger partial charge in [0.1, 0.15) is 5.82 Å². The number of nitrogens with one attached hydrogen (secondary N) is 1. The number of nitrogens with zero attached hydrogens (tertiary/aromatic N) is 4. The molecule has 1 amide bonds. The van der Waals surface area contributed by atoms with E-state index in [1.54, 1.807) is 49.2 Å². The normalized spacial score (nSPS) is 14.1. The van der Waals surface area contributed by atoms with Crippen molar-refractivity contribution < 1.29 is 22.1 Å². The van der Waals surface area contributed by atoms with Crippen LogP contribution in [0.25, 0.3) is 11.5 Å². The lowest BCUT2D eigenvalue weighted by atomic mass is 9.94. The summed E-state index contributed by atoms with van der Waals surface area (Å²) in [4.78, 5) is 22.9. The summed E-state index contributed by atoms with van der Waals surface area (Å²) in [7, 11) is -1.72. The van der Waals surface area contributed by atoms with Gasteiger partial charge < -0.3 is 14.7 Å². The summed E-state index contributed by atoms with van der Waals surface area (Å²) in [6, 6.07) is 12.0. The van der Waals surface area contributed by atoms with E-state index in [2.05, 4.69) is 20.4 Å². The summed E-state index contributed by atoms with van der Waals surface area (Å²) in [5.41, 5.74) is 1.60. The largest absolute Gasteiger partial charge is 0.364 e. The lowest BCUT2D eigenvalue weighted by Crippen LogP contribution is -2.30. The first-order chi connectivity index (χ1) is 19.0. The second-order valence-electron chi connectivity index (χ2n) is 9.49. The van der Waals surface area contributed by atoms with Crippen LogP contribution in [0.4, 0.5) is 15.8 Å². The van der Waals surface area contributed by atoms with Gasteiger partial charge in [-0.3, -0.25) is 4.79 Å². The van der Waals surface area contributed by atoms with Crippen molar-refractivity contribution in [3.63, 3.8) is 0 Å². The summed E-state index contributed by atoms with van der Waals surface area (Å²) in [5.74, 6) is -0.0562. The van der Waals surface area contributed by atoms with Gasteiger partial charge in [0.05, 0.1) is 29.6 Å². The summed E-state index contributed by atoms with van der Waals surface area (Å²) in [6.07, 6.45) is 2.82. The summed E-state index contributed by atoms with van der Waals surface area (Å²) in [5, 5.41) is 7.62. The molecule has 0 aliphatic heterocycles. The average molecular weight is 604 g/mol. The van der Waals surface area contributed by atoms with Crippen molar-refractivity contribution in [2.24, 2.45) is 0 Å². The highest BCUT2D eigenvalue weighted by Crippen LogP contribution is 2.57. The number of sulfone groups is 1. The number of hydrogen-bond acceptors (Lipinski definition) is 8. The van der Waals surface area contributed by atoms with E-state index >= 15 is 0 Å². The molecule has 5 rings (SSSR count). The van der Waals surface area contributed by atoms with E-state index in [4.69, 9.17) is 27.7 Å². The van der Waals surface area contributed by atoms with Gasteiger partial charge in [-0.25, -0.2) is 17.8 Å². The van der Waals surface area contributed by atoms with Crippen molar-refractivity contribution in [1.29, 1.82) is 0 Å². The number of amides is 1. The monoisotopic (exact) mass is 603 g/mol. The molecule has 1 saturated carbocycles. The minimum Gasteiger partial charge on any atom is -0.364 e. The van der Waals surface area contributed by atoms with Gasteiger partial charge >= 0.3 is 0 Å². The number of hydrogen-bond donors (Lipinski definition) is 1. The van der Waals surface area contributed by atoms with Crippen molar-refractivity contribution in [3.05, 3.63) is 82.0 Å². The van der Waals surface area contributed by atoms with Gasteiger partial charge in [-0.05, 0) is 61.4 Å². The van der Waals surface area contributed by atoms with Gasteiger partial charge in [-0.2, -0.15) is 4.98 Å². The zero-order valence-corrected chi connectivity index (χ0v) is 23.8. The van der Waals surface area contributed by atoms with Crippen LogP contribution in [0, 0.1) is 5.82 Å². The van der Waals surface area contributed by atoms with Crippen molar-refractivity contribution >= 4 is 50.3 Å². The molecule has 13 heteroatoms. The maximum Gasteiger partial charge on any atom is 0.257 e. The summed E-state index contributed by atoms with van der Waals surface area (Å²) >= 11 is 13.3. The molecule has 2 aromatic carbocycles. The Morgan fingerprint density at radius 1 is 1.12 bits per heavy atom. The molecule has 2 heterocycles. The van der Waals surface area contributed by atoms with Crippen LogP contribution < -0.4 is 10.2 Å². The molecule has 208 valence electrons. The van der Waals surface area contributed by atoms with Crippen LogP contribution >= 0.6 is 23.2 Å². The van der Waals surface area contributed by atoms with Crippen LogP contribution in [0.15, 0.2) is 64.3 Å². The fraction of sp³-hybridized carbons (Fsp3) is 0.259. The van der Waals surface area contributed by atoms with Crippen LogP contribution in [0.3, 0.4) is 0 Å². The lowest BCUT2D eigenvalue weighted by Gasteiger charge is -2.20. The van der Waals surface area contributed by atoms with Gasteiger partial charge in [0.25, 0.3) is 5.89 Å². The first kappa shape index (κ1) is 28.0. The molecule has 1 aliphatic rings. The molecule has 0 spiro atoms. The molecule has 1 aliphatic carbocycles. The van der Waals surface area contributed by atoms with Crippen LogP contribution in [-0.2, 0) is 20.0 Å². The molecule has 1 N–H and O–H groups in total. The lowest BCUT2D eigenvalue weighted by molar-refractivity contribution is -0.114. The molecule has 0 atom stereocenters. The Hall–Kier alpha value is -3.54. The zero-order chi connectivity index (χ0) is 28.7. The van der Waals surface area contributed by atoms with Crippen LogP contribution in [-0.4, -0.2) is 48.8 Å². The SMILES string of the molecule is CCS(=O)(=O)c1ccc(N(C)CC(=O)Nc2cc(Cl)c(C3(c4noc(-c5ccc(F)cc5)n4)CC3)c(Cl)c2)cn1.